The summed E-state index contributed by atoms with van der Waals surface area (Å²) < 4.78 is 9.16. The summed E-state index contributed by atoms with van der Waals surface area (Å²) in [5.41, 5.74) is 10.8. The largest absolute Gasteiger partial charge is 0.455 e. The van der Waals surface area contributed by atoms with E-state index in [1.807, 2.05) is 6.07 Å². The van der Waals surface area contributed by atoms with Crippen LogP contribution < -0.4 is 4.90 Å². The molecule has 0 fully saturated rings. The van der Waals surface area contributed by atoms with Gasteiger partial charge in [-0.05, 0) is 59.5 Å². The van der Waals surface area contributed by atoms with Gasteiger partial charge >= 0.3 is 0 Å². The van der Waals surface area contributed by atoms with Crippen molar-refractivity contribution in [2.24, 2.45) is 0 Å². The SMILES string of the molecule is c1ccc(-c2ccccc2N(c2cccc3ccc4c5ccccc5oc4c23)c2cccc3c4ccccc4n(-c4ccccc4)c23)cc1. The average Bonchev–Trinajstić information content (AvgIpc) is 3.72. The molecular weight excluding hydrogens is 597 g/mol. The first-order valence-electron chi connectivity index (χ1n) is 16.7. The second kappa shape index (κ2) is 11.0. The molecule has 0 amide bonds. The molecule has 0 spiro atoms. The smallest absolute Gasteiger partial charge is 0.145 e. The third-order valence-electron chi connectivity index (χ3n) is 9.76. The number of furan rings is 1. The molecule has 3 nitrogen and oxygen atoms in total. The Morgan fingerprint density at radius 2 is 1.08 bits per heavy atom. The number of hydrogen-bond acceptors (Lipinski definition) is 2. The van der Waals surface area contributed by atoms with E-state index < -0.39 is 0 Å². The normalized spacial score (nSPS) is 11.7. The van der Waals surface area contributed by atoms with E-state index in [0.29, 0.717) is 0 Å². The van der Waals surface area contributed by atoms with Crippen molar-refractivity contribution in [3.8, 4) is 16.8 Å². The van der Waals surface area contributed by atoms with Crippen LogP contribution in [0.2, 0.25) is 0 Å². The Kier molecular flexibility index (Phi) is 6.18. The zero-order valence-corrected chi connectivity index (χ0v) is 26.6. The van der Waals surface area contributed by atoms with Crippen LogP contribution in [0.1, 0.15) is 0 Å². The maximum atomic E-state index is 6.74. The Morgan fingerprint density at radius 1 is 0.429 bits per heavy atom. The molecule has 2 aromatic heterocycles. The molecule has 0 aliphatic heterocycles. The van der Waals surface area contributed by atoms with Gasteiger partial charge in [0.15, 0.2) is 0 Å². The monoisotopic (exact) mass is 626 g/mol. The van der Waals surface area contributed by atoms with Gasteiger partial charge in [0.25, 0.3) is 0 Å². The highest BCUT2D eigenvalue weighted by atomic mass is 16.3. The van der Waals surface area contributed by atoms with E-state index in [2.05, 4.69) is 185 Å². The van der Waals surface area contributed by atoms with Crippen LogP contribution in [-0.4, -0.2) is 4.57 Å². The first kappa shape index (κ1) is 27.5. The second-order valence-corrected chi connectivity index (χ2v) is 12.5. The summed E-state index contributed by atoms with van der Waals surface area (Å²) in [6.07, 6.45) is 0. The zero-order chi connectivity index (χ0) is 32.3. The van der Waals surface area contributed by atoms with Crippen molar-refractivity contribution in [2.45, 2.75) is 0 Å². The quantitative estimate of drug-likeness (QED) is 0.190. The van der Waals surface area contributed by atoms with E-state index in [4.69, 9.17) is 4.42 Å². The van der Waals surface area contributed by atoms with Crippen LogP contribution >= 0.6 is 0 Å². The number of benzene rings is 8. The van der Waals surface area contributed by atoms with Crippen molar-refractivity contribution in [1.82, 2.24) is 4.57 Å². The van der Waals surface area contributed by atoms with Crippen molar-refractivity contribution < 1.29 is 4.42 Å². The van der Waals surface area contributed by atoms with Gasteiger partial charge < -0.3 is 13.9 Å². The first-order valence-corrected chi connectivity index (χ1v) is 16.7. The fourth-order valence-corrected chi connectivity index (χ4v) is 7.67. The van der Waals surface area contributed by atoms with E-state index in [1.165, 1.54) is 16.3 Å². The number of anilines is 3. The molecular formula is C46H30N2O. The van der Waals surface area contributed by atoms with E-state index in [0.717, 1.165) is 72.1 Å². The predicted octanol–water partition coefficient (Wildman–Crippen LogP) is 13.0. The van der Waals surface area contributed by atoms with Gasteiger partial charge in [0.2, 0.25) is 0 Å². The number of aromatic nitrogens is 1. The molecule has 0 saturated heterocycles. The Labute approximate surface area is 283 Å². The second-order valence-electron chi connectivity index (χ2n) is 12.5. The molecule has 3 heteroatoms. The Balaban J connectivity index is 1.39. The lowest BCUT2D eigenvalue weighted by atomic mass is 9.99. The van der Waals surface area contributed by atoms with Crippen LogP contribution in [0.3, 0.4) is 0 Å². The fourth-order valence-electron chi connectivity index (χ4n) is 7.67. The highest BCUT2D eigenvalue weighted by Crippen LogP contribution is 2.49. The van der Waals surface area contributed by atoms with Gasteiger partial charge in [0.05, 0.1) is 28.1 Å². The summed E-state index contributed by atoms with van der Waals surface area (Å²) in [6.45, 7) is 0. The molecule has 0 N–H and O–H groups in total. The van der Waals surface area contributed by atoms with Crippen LogP contribution in [0.25, 0.3) is 71.3 Å². The first-order chi connectivity index (χ1) is 24.3. The van der Waals surface area contributed by atoms with Gasteiger partial charge in [-0.15, -0.1) is 0 Å². The van der Waals surface area contributed by atoms with Gasteiger partial charge in [0, 0.05) is 38.2 Å². The molecule has 0 saturated carbocycles. The molecule has 8 aromatic carbocycles. The van der Waals surface area contributed by atoms with Crippen molar-refractivity contribution >= 4 is 71.6 Å². The molecule has 2 heterocycles. The maximum Gasteiger partial charge on any atom is 0.145 e. The lowest BCUT2D eigenvalue weighted by Gasteiger charge is -2.30. The summed E-state index contributed by atoms with van der Waals surface area (Å²) in [5.74, 6) is 0. The summed E-state index contributed by atoms with van der Waals surface area (Å²) >= 11 is 0. The predicted molar refractivity (Wildman–Crippen MR) is 206 cm³/mol. The molecule has 0 unspecified atom stereocenters. The van der Waals surface area contributed by atoms with Crippen LogP contribution in [0.5, 0.6) is 0 Å². The summed E-state index contributed by atoms with van der Waals surface area (Å²) in [7, 11) is 0. The standard InChI is InChI=1S/C46H30N2O/c1-3-15-31(16-4-1)34-20-7-10-24-39(34)48(41-26-13-17-32-29-30-38-36-22-9-12-28-43(36)49-46(38)44(32)41)42-27-14-23-37-35-21-8-11-25-40(35)47(45(37)42)33-18-5-2-6-19-33/h1-30H. The average molecular weight is 627 g/mol. The number of hydrogen-bond donors (Lipinski definition) is 0. The molecule has 0 radical (unpaired) electrons. The molecule has 10 rings (SSSR count). The lowest BCUT2D eigenvalue weighted by molar-refractivity contribution is 0.672. The Hall–Kier alpha value is -6.58. The molecule has 0 aliphatic rings. The number of para-hydroxylation sites is 5. The number of fused-ring (bicyclic) bond motifs is 8. The van der Waals surface area contributed by atoms with E-state index >= 15 is 0 Å². The molecule has 0 atom stereocenters. The van der Waals surface area contributed by atoms with Crippen molar-refractivity contribution in [3.05, 3.63) is 182 Å². The Morgan fingerprint density at radius 3 is 1.96 bits per heavy atom. The van der Waals surface area contributed by atoms with Gasteiger partial charge in [0.1, 0.15) is 11.2 Å². The zero-order valence-electron chi connectivity index (χ0n) is 26.6. The third-order valence-corrected chi connectivity index (χ3v) is 9.76. The van der Waals surface area contributed by atoms with Gasteiger partial charge in [-0.2, -0.15) is 0 Å². The summed E-state index contributed by atoms with van der Waals surface area (Å²) in [5, 5.41) is 6.87. The maximum absolute atomic E-state index is 6.74. The third kappa shape index (κ3) is 4.23. The lowest BCUT2D eigenvalue weighted by Crippen LogP contribution is -2.13. The van der Waals surface area contributed by atoms with E-state index in [9.17, 15) is 0 Å². The van der Waals surface area contributed by atoms with Crippen molar-refractivity contribution in [3.63, 3.8) is 0 Å². The van der Waals surface area contributed by atoms with Gasteiger partial charge in [-0.25, -0.2) is 0 Å². The van der Waals surface area contributed by atoms with E-state index in [-0.39, 0.29) is 0 Å². The summed E-state index contributed by atoms with van der Waals surface area (Å²) in [6, 6.07) is 64.9. The molecule has 230 valence electrons. The molecule has 0 bridgehead atoms. The number of nitrogens with zero attached hydrogens (tertiary/aromatic N) is 2. The summed E-state index contributed by atoms with van der Waals surface area (Å²) in [4.78, 5) is 2.46. The van der Waals surface area contributed by atoms with Crippen LogP contribution in [-0.2, 0) is 0 Å². The van der Waals surface area contributed by atoms with E-state index in [1.54, 1.807) is 0 Å². The topological polar surface area (TPSA) is 21.3 Å². The van der Waals surface area contributed by atoms with Crippen LogP contribution in [0.15, 0.2) is 186 Å². The number of rotatable bonds is 5. The minimum atomic E-state index is 0.891. The van der Waals surface area contributed by atoms with Crippen molar-refractivity contribution in [2.75, 3.05) is 4.90 Å². The molecule has 10 aromatic rings. The Bertz CT molecular complexity index is 2830. The van der Waals surface area contributed by atoms with Crippen molar-refractivity contribution in [1.29, 1.82) is 0 Å². The fraction of sp³-hybridized carbons (Fsp3) is 0. The minimum absolute atomic E-state index is 0.891. The minimum Gasteiger partial charge on any atom is -0.455 e. The molecule has 49 heavy (non-hydrogen) atoms. The highest BCUT2D eigenvalue weighted by molar-refractivity contribution is 6.21. The van der Waals surface area contributed by atoms with Crippen LogP contribution in [0, 0.1) is 0 Å². The van der Waals surface area contributed by atoms with Gasteiger partial charge in [-0.3, -0.25) is 0 Å². The van der Waals surface area contributed by atoms with Gasteiger partial charge in [-0.1, -0.05) is 133 Å². The van der Waals surface area contributed by atoms with Crippen LogP contribution in [0.4, 0.5) is 17.1 Å². The molecule has 0 aliphatic carbocycles. The highest BCUT2D eigenvalue weighted by Gasteiger charge is 2.25.